The molecular formula is C24H31ClF3N7O2. The van der Waals surface area contributed by atoms with Crippen LogP contribution in [-0.4, -0.2) is 68.5 Å². The van der Waals surface area contributed by atoms with E-state index in [0.29, 0.717) is 31.3 Å². The van der Waals surface area contributed by atoms with Crippen LogP contribution in [0, 0.1) is 0 Å². The number of hydrogen-bond donors (Lipinski definition) is 0. The Balaban J connectivity index is 1.69. The Morgan fingerprint density at radius 2 is 1.73 bits per heavy atom. The zero-order valence-electron chi connectivity index (χ0n) is 21.9. The second-order valence-electron chi connectivity index (χ2n) is 11.3. The third-order valence-corrected chi connectivity index (χ3v) is 6.78. The van der Waals surface area contributed by atoms with E-state index in [1.807, 2.05) is 48.5 Å². The molecule has 4 heterocycles. The van der Waals surface area contributed by atoms with Crippen LogP contribution in [0.3, 0.4) is 0 Å². The Labute approximate surface area is 219 Å². The normalized spacial score (nSPS) is 21.8. The number of anilines is 3. The molecule has 2 atom stereocenters. The molecule has 1 fully saturated rings. The Bertz CT molecular complexity index is 1200. The molecule has 0 radical (unpaired) electrons. The molecular weight excluding hydrogens is 511 g/mol. The first kappa shape index (κ1) is 27.2. The second-order valence-corrected chi connectivity index (χ2v) is 11.6. The summed E-state index contributed by atoms with van der Waals surface area (Å²) in [4.78, 5) is 27.3. The van der Waals surface area contributed by atoms with Gasteiger partial charge in [-0.05, 0) is 40.7 Å². The molecule has 4 rings (SSSR count). The van der Waals surface area contributed by atoms with Gasteiger partial charge >= 0.3 is 12.3 Å². The van der Waals surface area contributed by atoms with Crippen molar-refractivity contribution in [2.24, 2.45) is 0 Å². The van der Waals surface area contributed by atoms with Crippen molar-refractivity contribution in [1.82, 2.24) is 25.1 Å². The first-order chi connectivity index (χ1) is 17.0. The van der Waals surface area contributed by atoms with Gasteiger partial charge in [-0.15, -0.1) is 10.2 Å². The van der Waals surface area contributed by atoms with Crippen molar-refractivity contribution in [2.75, 3.05) is 29.4 Å². The van der Waals surface area contributed by atoms with Crippen LogP contribution in [0.15, 0.2) is 12.4 Å². The van der Waals surface area contributed by atoms with Crippen LogP contribution in [0.1, 0.15) is 59.6 Å². The number of amides is 1. The molecule has 0 unspecified atom stereocenters. The molecule has 0 aliphatic carbocycles. The highest BCUT2D eigenvalue weighted by molar-refractivity contribution is 6.30. The maximum Gasteiger partial charge on any atom is 0.419 e. The number of carbonyl (C=O) groups is 1. The molecule has 2 aromatic rings. The molecule has 0 saturated carbocycles. The van der Waals surface area contributed by atoms with Gasteiger partial charge in [0.1, 0.15) is 23.6 Å². The summed E-state index contributed by atoms with van der Waals surface area (Å²) < 4.78 is 46.1. The average molecular weight is 542 g/mol. The topological polar surface area (TPSA) is 87.6 Å². The van der Waals surface area contributed by atoms with Crippen LogP contribution >= 0.6 is 11.6 Å². The van der Waals surface area contributed by atoms with Crippen LogP contribution in [0.2, 0.25) is 5.15 Å². The Morgan fingerprint density at radius 1 is 1.08 bits per heavy atom. The molecule has 1 amide bonds. The lowest BCUT2D eigenvalue weighted by atomic mass is 9.87. The van der Waals surface area contributed by atoms with Gasteiger partial charge in [0.25, 0.3) is 0 Å². The van der Waals surface area contributed by atoms with E-state index in [-0.39, 0.29) is 24.0 Å². The van der Waals surface area contributed by atoms with E-state index in [9.17, 15) is 18.0 Å². The van der Waals surface area contributed by atoms with Crippen LogP contribution in [0.5, 0.6) is 0 Å². The number of fused-ring (bicyclic) bond motifs is 1. The number of ether oxygens (including phenoxy) is 1. The van der Waals surface area contributed by atoms with Gasteiger partial charge in [0.2, 0.25) is 0 Å². The van der Waals surface area contributed by atoms with E-state index in [2.05, 4.69) is 25.1 Å². The Kier molecular flexibility index (Phi) is 6.71. The molecule has 13 heteroatoms. The van der Waals surface area contributed by atoms with E-state index in [0.717, 1.165) is 11.6 Å². The number of aromatic nitrogens is 4. The molecule has 9 nitrogen and oxygen atoms in total. The van der Waals surface area contributed by atoms with Crippen LogP contribution in [-0.2, 0) is 16.3 Å². The maximum atomic E-state index is 13.5. The molecule has 37 heavy (non-hydrogen) atoms. The SMILES string of the molecule is C[C@@H]1CN(c2ncnc3c2C(C)(C)CN3c2cc(C(F)(F)F)c(Cl)nn2)[C@@H](C)CN1C(=O)OC(C)(C)C. The van der Waals surface area contributed by atoms with E-state index < -0.39 is 27.9 Å². The molecule has 0 aromatic carbocycles. The Morgan fingerprint density at radius 3 is 2.35 bits per heavy atom. The zero-order chi connectivity index (χ0) is 27.5. The summed E-state index contributed by atoms with van der Waals surface area (Å²) >= 11 is 5.69. The molecule has 2 aliphatic heterocycles. The summed E-state index contributed by atoms with van der Waals surface area (Å²) in [7, 11) is 0. The molecule has 0 bridgehead atoms. The number of carbonyl (C=O) groups excluding carboxylic acids is 1. The number of alkyl halides is 3. The summed E-state index contributed by atoms with van der Waals surface area (Å²) in [6.45, 7) is 14.7. The molecule has 0 N–H and O–H groups in total. The third kappa shape index (κ3) is 5.25. The minimum atomic E-state index is -4.67. The van der Waals surface area contributed by atoms with Crippen LogP contribution in [0.25, 0.3) is 0 Å². The Hall–Kier alpha value is -2.89. The lowest BCUT2D eigenvalue weighted by molar-refractivity contribution is -0.137. The van der Waals surface area contributed by atoms with Crippen molar-refractivity contribution in [3.05, 3.63) is 28.7 Å². The highest BCUT2D eigenvalue weighted by Crippen LogP contribution is 2.47. The number of halogens is 4. The van der Waals surface area contributed by atoms with Gasteiger partial charge in [-0.25, -0.2) is 14.8 Å². The average Bonchev–Trinajstić information content (AvgIpc) is 3.04. The van der Waals surface area contributed by atoms with Gasteiger partial charge in [0.15, 0.2) is 11.0 Å². The predicted molar refractivity (Wildman–Crippen MR) is 133 cm³/mol. The number of piperazine rings is 1. The molecule has 1 saturated heterocycles. The maximum absolute atomic E-state index is 13.5. The second kappa shape index (κ2) is 9.14. The van der Waals surface area contributed by atoms with E-state index in [4.69, 9.17) is 16.3 Å². The van der Waals surface area contributed by atoms with E-state index in [1.54, 1.807) is 9.80 Å². The van der Waals surface area contributed by atoms with Gasteiger partial charge < -0.3 is 19.4 Å². The largest absolute Gasteiger partial charge is 0.444 e. The summed E-state index contributed by atoms with van der Waals surface area (Å²) in [5.74, 6) is 1.15. The minimum Gasteiger partial charge on any atom is -0.444 e. The van der Waals surface area contributed by atoms with Crippen molar-refractivity contribution in [3.8, 4) is 0 Å². The van der Waals surface area contributed by atoms with E-state index in [1.165, 1.54) is 6.33 Å². The molecule has 0 spiro atoms. The molecule has 202 valence electrons. The highest BCUT2D eigenvalue weighted by Gasteiger charge is 2.45. The van der Waals surface area contributed by atoms with Crippen LogP contribution < -0.4 is 9.80 Å². The summed E-state index contributed by atoms with van der Waals surface area (Å²) in [6.07, 6.45) is -3.64. The molecule has 2 aromatic heterocycles. The fraction of sp³-hybridized carbons (Fsp3) is 0.625. The first-order valence-corrected chi connectivity index (χ1v) is 12.4. The van der Waals surface area contributed by atoms with Crippen molar-refractivity contribution < 1.29 is 22.7 Å². The lowest BCUT2D eigenvalue weighted by Gasteiger charge is -2.45. The van der Waals surface area contributed by atoms with Crippen molar-refractivity contribution in [1.29, 1.82) is 0 Å². The lowest BCUT2D eigenvalue weighted by Crippen LogP contribution is -2.59. The number of nitrogens with zero attached hydrogens (tertiary/aromatic N) is 7. The third-order valence-electron chi connectivity index (χ3n) is 6.50. The number of hydrogen-bond acceptors (Lipinski definition) is 8. The molecule has 2 aliphatic rings. The summed E-state index contributed by atoms with van der Waals surface area (Å²) in [5, 5.41) is 6.78. The summed E-state index contributed by atoms with van der Waals surface area (Å²) in [6, 6.07) is 0.639. The van der Waals surface area contributed by atoms with Gasteiger partial charge in [-0.2, -0.15) is 13.2 Å². The fourth-order valence-corrected chi connectivity index (χ4v) is 5.03. The highest BCUT2D eigenvalue weighted by atomic mass is 35.5. The smallest absolute Gasteiger partial charge is 0.419 e. The van der Waals surface area contributed by atoms with Crippen molar-refractivity contribution >= 4 is 35.1 Å². The standard InChI is InChI=1S/C24H31ClF3N7O2/c1-13-10-34(21(36)37-22(3,4)5)14(2)9-33(13)19-17-20(30-12-29-19)35(11-23(17,6)7)16-8-15(24(26,27)28)18(25)32-31-16/h8,12-14H,9-11H2,1-7H3/t13-,14+/m0/s1. The quantitative estimate of drug-likeness (QED) is 0.512. The van der Waals surface area contributed by atoms with Gasteiger partial charge in [0, 0.05) is 42.7 Å². The van der Waals surface area contributed by atoms with Gasteiger partial charge in [-0.3, -0.25) is 0 Å². The number of rotatable bonds is 2. The first-order valence-electron chi connectivity index (χ1n) is 12.0. The van der Waals surface area contributed by atoms with Crippen molar-refractivity contribution in [2.45, 2.75) is 77.7 Å². The van der Waals surface area contributed by atoms with Gasteiger partial charge in [-0.1, -0.05) is 25.4 Å². The summed E-state index contributed by atoms with van der Waals surface area (Å²) in [5.41, 5.74) is -1.38. The minimum absolute atomic E-state index is 0.00404. The van der Waals surface area contributed by atoms with Crippen molar-refractivity contribution in [3.63, 3.8) is 0 Å². The monoisotopic (exact) mass is 541 g/mol. The zero-order valence-corrected chi connectivity index (χ0v) is 22.6. The predicted octanol–water partition coefficient (Wildman–Crippen LogP) is 5.20. The fourth-order valence-electron chi connectivity index (χ4n) is 4.83. The van der Waals surface area contributed by atoms with E-state index >= 15 is 0 Å². The van der Waals surface area contributed by atoms with Gasteiger partial charge in [0.05, 0.1) is 5.56 Å². The van der Waals surface area contributed by atoms with Crippen LogP contribution in [0.4, 0.5) is 35.4 Å².